The molecular formula is C13H19F2N3O3. The van der Waals surface area contributed by atoms with Gasteiger partial charge < -0.3 is 14.4 Å². The summed E-state index contributed by atoms with van der Waals surface area (Å²) in [5.41, 5.74) is -0.545. The van der Waals surface area contributed by atoms with Gasteiger partial charge in [-0.05, 0) is 27.2 Å². The van der Waals surface area contributed by atoms with Crippen LogP contribution in [0.15, 0.2) is 12.4 Å². The van der Waals surface area contributed by atoms with E-state index in [1.807, 2.05) is 0 Å². The Morgan fingerprint density at radius 2 is 2.24 bits per heavy atom. The predicted octanol–water partition coefficient (Wildman–Crippen LogP) is 2.67. The quantitative estimate of drug-likeness (QED) is 0.858. The van der Waals surface area contributed by atoms with Gasteiger partial charge in [0.2, 0.25) is 0 Å². The van der Waals surface area contributed by atoms with Crippen LogP contribution in [0.3, 0.4) is 0 Å². The fourth-order valence-corrected chi connectivity index (χ4v) is 1.87. The molecule has 0 N–H and O–H groups in total. The van der Waals surface area contributed by atoms with Crippen LogP contribution >= 0.6 is 0 Å². The first-order valence-electron chi connectivity index (χ1n) is 6.71. The zero-order valence-corrected chi connectivity index (χ0v) is 12.3. The molecule has 1 aliphatic heterocycles. The van der Waals surface area contributed by atoms with Crippen molar-refractivity contribution in [1.29, 1.82) is 0 Å². The number of ether oxygens (including phenoxy) is 2. The number of hydrogen-bond acceptors (Lipinski definition) is 4. The largest absolute Gasteiger partial charge is 0.488 e. The van der Waals surface area contributed by atoms with Gasteiger partial charge in [-0.2, -0.15) is 13.9 Å². The fourth-order valence-electron chi connectivity index (χ4n) is 1.87. The molecule has 1 saturated heterocycles. The second-order valence-electron chi connectivity index (χ2n) is 5.86. The molecule has 118 valence electrons. The van der Waals surface area contributed by atoms with E-state index >= 15 is 0 Å². The van der Waals surface area contributed by atoms with Crippen LogP contribution < -0.4 is 4.74 Å². The molecule has 0 saturated carbocycles. The molecule has 8 heteroatoms. The molecule has 0 radical (unpaired) electrons. The molecule has 1 fully saturated rings. The summed E-state index contributed by atoms with van der Waals surface area (Å²) in [4.78, 5) is 13.5. The third-order valence-corrected chi connectivity index (χ3v) is 2.99. The number of halogens is 2. The minimum Gasteiger partial charge on any atom is -0.488 e. The molecule has 0 spiro atoms. The highest BCUT2D eigenvalue weighted by Gasteiger charge is 2.35. The Bertz CT molecular complexity index is 499. The Hall–Kier alpha value is -1.86. The highest BCUT2D eigenvalue weighted by molar-refractivity contribution is 5.69. The Morgan fingerprint density at radius 1 is 1.52 bits per heavy atom. The van der Waals surface area contributed by atoms with Crippen molar-refractivity contribution in [2.75, 3.05) is 13.2 Å². The van der Waals surface area contributed by atoms with E-state index in [0.717, 1.165) is 12.6 Å². The van der Waals surface area contributed by atoms with E-state index in [-0.39, 0.29) is 24.5 Å². The number of nitrogens with zero attached hydrogens (tertiary/aromatic N) is 3. The van der Waals surface area contributed by atoms with Gasteiger partial charge in [-0.3, -0.25) is 0 Å². The third kappa shape index (κ3) is 4.05. The van der Waals surface area contributed by atoms with E-state index in [1.165, 1.54) is 6.20 Å². The first-order valence-corrected chi connectivity index (χ1v) is 6.71. The lowest BCUT2D eigenvalue weighted by Gasteiger charge is -2.40. The highest BCUT2D eigenvalue weighted by Crippen LogP contribution is 2.23. The van der Waals surface area contributed by atoms with E-state index in [0.29, 0.717) is 11.2 Å². The van der Waals surface area contributed by atoms with E-state index in [1.54, 1.807) is 25.7 Å². The molecule has 1 aromatic heterocycles. The Kier molecular flexibility index (Phi) is 4.34. The van der Waals surface area contributed by atoms with Gasteiger partial charge in [0.1, 0.15) is 12.2 Å². The van der Waals surface area contributed by atoms with Crippen molar-refractivity contribution >= 4 is 6.09 Å². The molecule has 6 nitrogen and oxygen atoms in total. The normalized spacial score (nSPS) is 18.6. The molecule has 0 bridgehead atoms. The molecule has 1 atom stereocenters. The van der Waals surface area contributed by atoms with Crippen molar-refractivity contribution in [3.05, 3.63) is 12.4 Å². The lowest BCUT2D eigenvalue weighted by atomic mass is 10.1. The van der Waals surface area contributed by atoms with Crippen LogP contribution in [0.5, 0.6) is 5.75 Å². The van der Waals surface area contributed by atoms with Gasteiger partial charge in [0, 0.05) is 6.54 Å². The summed E-state index contributed by atoms with van der Waals surface area (Å²) in [7, 11) is 0. The van der Waals surface area contributed by atoms with Crippen molar-refractivity contribution in [2.24, 2.45) is 0 Å². The third-order valence-electron chi connectivity index (χ3n) is 2.99. The van der Waals surface area contributed by atoms with Crippen molar-refractivity contribution in [3.63, 3.8) is 0 Å². The van der Waals surface area contributed by atoms with Gasteiger partial charge in [0.05, 0.1) is 18.4 Å². The summed E-state index contributed by atoms with van der Waals surface area (Å²) < 4.78 is 35.9. The Labute approximate surface area is 121 Å². The zero-order chi connectivity index (χ0) is 15.6. The topological polar surface area (TPSA) is 56.6 Å². The number of aromatic nitrogens is 2. The van der Waals surface area contributed by atoms with E-state index in [2.05, 4.69) is 5.10 Å². The number of carbonyl (C=O) groups excluding carboxylic acids is 1. The van der Waals surface area contributed by atoms with Gasteiger partial charge in [-0.1, -0.05) is 0 Å². The summed E-state index contributed by atoms with van der Waals surface area (Å²) in [6.45, 7) is 3.55. The average Bonchev–Trinajstić information content (AvgIpc) is 2.73. The molecule has 1 aliphatic rings. The SMILES string of the molecule is CC(C)(C)OC(=O)N1CC[C@@H]1COc1cnn(C(F)F)c1. The molecule has 2 heterocycles. The molecule has 0 aliphatic carbocycles. The maximum Gasteiger partial charge on any atom is 0.410 e. The van der Waals surface area contributed by atoms with Crippen molar-refractivity contribution in [1.82, 2.24) is 14.7 Å². The van der Waals surface area contributed by atoms with Gasteiger partial charge in [-0.25, -0.2) is 9.48 Å². The predicted molar refractivity (Wildman–Crippen MR) is 70.3 cm³/mol. The summed E-state index contributed by atoms with van der Waals surface area (Å²) in [5.74, 6) is 0.256. The molecule has 0 unspecified atom stereocenters. The average molecular weight is 303 g/mol. The van der Waals surface area contributed by atoms with Crippen molar-refractivity contribution in [3.8, 4) is 5.75 Å². The first-order chi connectivity index (χ1) is 9.76. The smallest absolute Gasteiger partial charge is 0.410 e. The summed E-state index contributed by atoms with van der Waals surface area (Å²) in [5, 5.41) is 3.48. The van der Waals surface area contributed by atoms with E-state index < -0.39 is 12.2 Å². The van der Waals surface area contributed by atoms with Crippen LogP contribution in [0.2, 0.25) is 0 Å². The molecule has 2 rings (SSSR count). The maximum absolute atomic E-state index is 12.4. The summed E-state index contributed by atoms with van der Waals surface area (Å²) >= 11 is 0. The maximum atomic E-state index is 12.4. The monoisotopic (exact) mass is 303 g/mol. The fraction of sp³-hybridized carbons (Fsp3) is 0.692. The van der Waals surface area contributed by atoms with Crippen LogP contribution in [-0.2, 0) is 4.74 Å². The lowest BCUT2D eigenvalue weighted by Crippen LogP contribution is -2.55. The van der Waals surface area contributed by atoms with Crippen LogP contribution in [0.25, 0.3) is 0 Å². The standard InChI is InChI=1S/C13H19F2N3O3/c1-13(2,3)21-12(19)17-5-4-9(17)8-20-10-6-16-18(7-10)11(14)15/h6-7,9,11H,4-5,8H2,1-3H3/t9-/m1/s1. The summed E-state index contributed by atoms with van der Waals surface area (Å²) in [6.07, 6.45) is 2.76. The highest BCUT2D eigenvalue weighted by atomic mass is 19.3. The Morgan fingerprint density at radius 3 is 2.71 bits per heavy atom. The van der Waals surface area contributed by atoms with Gasteiger partial charge in [-0.15, -0.1) is 0 Å². The number of rotatable bonds is 4. The minimum absolute atomic E-state index is 0.102. The van der Waals surface area contributed by atoms with Crippen LogP contribution in [0, 0.1) is 0 Å². The van der Waals surface area contributed by atoms with Crippen molar-refractivity contribution in [2.45, 2.75) is 45.4 Å². The van der Waals surface area contributed by atoms with Gasteiger partial charge >= 0.3 is 12.6 Å². The van der Waals surface area contributed by atoms with Gasteiger partial charge in [0.15, 0.2) is 5.75 Å². The summed E-state index contributed by atoms with van der Waals surface area (Å²) in [6, 6.07) is -0.102. The lowest BCUT2D eigenvalue weighted by molar-refractivity contribution is -0.0141. The van der Waals surface area contributed by atoms with E-state index in [9.17, 15) is 13.6 Å². The number of alkyl halides is 2. The molecule has 1 amide bonds. The second kappa shape index (κ2) is 5.87. The first kappa shape index (κ1) is 15.5. The van der Waals surface area contributed by atoms with Crippen molar-refractivity contribution < 1.29 is 23.0 Å². The number of amides is 1. The van der Waals surface area contributed by atoms with Crippen LogP contribution in [0.4, 0.5) is 13.6 Å². The number of likely N-dealkylation sites (tertiary alicyclic amines) is 1. The van der Waals surface area contributed by atoms with Crippen LogP contribution in [0.1, 0.15) is 33.7 Å². The molecular weight excluding hydrogens is 284 g/mol. The molecule has 1 aromatic rings. The zero-order valence-electron chi connectivity index (χ0n) is 12.3. The minimum atomic E-state index is -2.69. The van der Waals surface area contributed by atoms with Crippen LogP contribution in [-0.4, -0.2) is 45.6 Å². The van der Waals surface area contributed by atoms with Gasteiger partial charge in [0.25, 0.3) is 0 Å². The van der Waals surface area contributed by atoms with E-state index in [4.69, 9.17) is 9.47 Å². The molecule has 21 heavy (non-hydrogen) atoms. The molecule has 0 aromatic carbocycles. The second-order valence-corrected chi connectivity index (χ2v) is 5.86. The number of hydrogen-bond donors (Lipinski definition) is 0. The number of carbonyl (C=O) groups is 1. The Balaban J connectivity index is 1.82.